The van der Waals surface area contributed by atoms with Crippen LogP contribution in [0.3, 0.4) is 0 Å². The van der Waals surface area contributed by atoms with Crippen LogP contribution in [0.25, 0.3) is 0 Å². The molecule has 1 atom stereocenters. The minimum atomic E-state index is -0.0231. The summed E-state index contributed by atoms with van der Waals surface area (Å²) in [6.45, 7) is 0.537. The summed E-state index contributed by atoms with van der Waals surface area (Å²) in [5.41, 5.74) is 0. The molecule has 0 spiro atoms. The molecule has 1 amide bonds. The van der Waals surface area contributed by atoms with Crippen molar-refractivity contribution >= 4 is 5.91 Å². The van der Waals surface area contributed by atoms with Crippen molar-refractivity contribution in [2.24, 2.45) is 13.0 Å². The van der Waals surface area contributed by atoms with Gasteiger partial charge in [-0.2, -0.15) is 5.10 Å². The fourth-order valence-corrected chi connectivity index (χ4v) is 2.59. The highest BCUT2D eigenvalue weighted by Gasteiger charge is 2.35. The van der Waals surface area contributed by atoms with Gasteiger partial charge in [-0.25, -0.2) is 4.98 Å². The summed E-state index contributed by atoms with van der Waals surface area (Å²) >= 11 is 0. The summed E-state index contributed by atoms with van der Waals surface area (Å²) in [4.78, 5) is 16.5. The van der Waals surface area contributed by atoms with Gasteiger partial charge in [-0.05, 0) is 37.3 Å². The SMILES string of the molecule is Cn1ncnc1[C@@H](NC(=O)CCCOc1ccccc1)C1CC1. The van der Waals surface area contributed by atoms with Crippen LogP contribution in [-0.4, -0.2) is 27.3 Å². The number of hydrogen-bond acceptors (Lipinski definition) is 4. The second kappa shape index (κ2) is 7.26. The van der Waals surface area contributed by atoms with Gasteiger partial charge in [-0.15, -0.1) is 0 Å². The molecule has 1 aliphatic rings. The Labute approximate surface area is 135 Å². The molecule has 1 aromatic heterocycles. The van der Waals surface area contributed by atoms with E-state index in [2.05, 4.69) is 15.4 Å². The monoisotopic (exact) mass is 314 g/mol. The predicted molar refractivity (Wildman–Crippen MR) is 85.8 cm³/mol. The zero-order chi connectivity index (χ0) is 16.1. The Morgan fingerprint density at radius 1 is 1.39 bits per heavy atom. The number of benzene rings is 1. The van der Waals surface area contributed by atoms with Gasteiger partial charge in [0.15, 0.2) is 0 Å². The molecule has 2 aromatic rings. The summed E-state index contributed by atoms with van der Waals surface area (Å²) in [6, 6.07) is 9.62. The largest absolute Gasteiger partial charge is 0.494 e. The number of carbonyl (C=O) groups is 1. The van der Waals surface area contributed by atoms with Gasteiger partial charge in [-0.1, -0.05) is 18.2 Å². The highest BCUT2D eigenvalue weighted by atomic mass is 16.5. The van der Waals surface area contributed by atoms with Gasteiger partial charge >= 0.3 is 0 Å². The predicted octanol–water partition coefficient (Wildman–Crippen LogP) is 2.24. The van der Waals surface area contributed by atoms with Gasteiger partial charge in [0.1, 0.15) is 17.9 Å². The maximum Gasteiger partial charge on any atom is 0.220 e. The van der Waals surface area contributed by atoms with Crippen LogP contribution in [0, 0.1) is 5.92 Å². The average molecular weight is 314 g/mol. The number of amides is 1. The van der Waals surface area contributed by atoms with E-state index in [-0.39, 0.29) is 11.9 Å². The van der Waals surface area contributed by atoms with Crippen LogP contribution in [0.15, 0.2) is 36.7 Å². The van der Waals surface area contributed by atoms with Gasteiger partial charge in [0.25, 0.3) is 0 Å². The maximum atomic E-state index is 12.2. The van der Waals surface area contributed by atoms with Crippen molar-refractivity contribution in [3.8, 4) is 5.75 Å². The summed E-state index contributed by atoms with van der Waals surface area (Å²) in [5.74, 6) is 2.20. The lowest BCUT2D eigenvalue weighted by atomic mass is 10.1. The second-order valence-electron chi connectivity index (χ2n) is 5.89. The average Bonchev–Trinajstić information content (AvgIpc) is 3.32. The Morgan fingerprint density at radius 3 is 2.83 bits per heavy atom. The van der Waals surface area contributed by atoms with Crippen molar-refractivity contribution < 1.29 is 9.53 Å². The number of carbonyl (C=O) groups excluding carboxylic acids is 1. The molecule has 1 aromatic carbocycles. The van der Waals surface area contributed by atoms with E-state index < -0.39 is 0 Å². The van der Waals surface area contributed by atoms with Crippen LogP contribution in [0.5, 0.6) is 5.75 Å². The van der Waals surface area contributed by atoms with E-state index in [1.807, 2.05) is 37.4 Å². The first-order chi connectivity index (χ1) is 11.2. The van der Waals surface area contributed by atoms with E-state index >= 15 is 0 Å². The number of nitrogens with one attached hydrogen (secondary N) is 1. The van der Waals surface area contributed by atoms with Crippen LogP contribution < -0.4 is 10.1 Å². The van der Waals surface area contributed by atoms with Gasteiger partial charge < -0.3 is 10.1 Å². The first kappa shape index (κ1) is 15.5. The van der Waals surface area contributed by atoms with E-state index in [9.17, 15) is 4.79 Å². The molecule has 1 fully saturated rings. The van der Waals surface area contributed by atoms with Gasteiger partial charge in [0.05, 0.1) is 12.6 Å². The van der Waals surface area contributed by atoms with Crippen molar-refractivity contribution in [3.05, 3.63) is 42.5 Å². The quantitative estimate of drug-likeness (QED) is 0.759. The van der Waals surface area contributed by atoms with E-state index in [1.165, 1.54) is 6.33 Å². The number of rotatable bonds is 8. The van der Waals surface area contributed by atoms with E-state index in [4.69, 9.17) is 4.74 Å². The zero-order valence-corrected chi connectivity index (χ0v) is 13.3. The third-order valence-corrected chi connectivity index (χ3v) is 3.99. The molecule has 0 unspecified atom stereocenters. The number of para-hydroxylation sites is 1. The second-order valence-corrected chi connectivity index (χ2v) is 5.89. The van der Waals surface area contributed by atoms with Crippen molar-refractivity contribution in [2.45, 2.75) is 31.7 Å². The van der Waals surface area contributed by atoms with Crippen LogP contribution in [-0.2, 0) is 11.8 Å². The molecule has 1 saturated carbocycles. The zero-order valence-electron chi connectivity index (χ0n) is 13.3. The minimum Gasteiger partial charge on any atom is -0.494 e. The van der Waals surface area contributed by atoms with Crippen molar-refractivity contribution in [1.29, 1.82) is 0 Å². The fourth-order valence-electron chi connectivity index (χ4n) is 2.59. The van der Waals surface area contributed by atoms with E-state index in [0.29, 0.717) is 25.4 Å². The number of hydrogen-bond donors (Lipinski definition) is 1. The highest BCUT2D eigenvalue weighted by Crippen LogP contribution is 2.40. The number of aromatic nitrogens is 3. The number of aryl methyl sites for hydroxylation is 1. The molecule has 1 aliphatic carbocycles. The van der Waals surface area contributed by atoms with Crippen LogP contribution in [0.1, 0.15) is 37.5 Å². The topological polar surface area (TPSA) is 69.0 Å². The van der Waals surface area contributed by atoms with E-state index in [1.54, 1.807) is 4.68 Å². The summed E-state index contributed by atoms with van der Waals surface area (Å²) in [5, 5.41) is 7.20. The Hall–Kier alpha value is -2.37. The molecule has 0 saturated heterocycles. The molecule has 1 N–H and O–H groups in total. The summed E-state index contributed by atoms with van der Waals surface area (Å²) < 4.78 is 7.34. The molecule has 0 aliphatic heterocycles. The summed E-state index contributed by atoms with van der Waals surface area (Å²) in [6.07, 6.45) is 4.94. The Balaban J connectivity index is 1.44. The highest BCUT2D eigenvalue weighted by molar-refractivity contribution is 5.76. The van der Waals surface area contributed by atoms with E-state index in [0.717, 1.165) is 24.4 Å². The molecule has 0 radical (unpaired) electrons. The lowest BCUT2D eigenvalue weighted by Gasteiger charge is -2.17. The standard InChI is InChI=1S/C17H22N4O2/c1-21-17(18-12-19-21)16(13-9-10-13)20-15(22)8-5-11-23-14-6-3-2-4-7-14/h2-4,6-7,12-13,16H,5,8-11H2,1H3,(H,20,22)/t16-/m0/s1. The lowest BCUT2D eigenvalue weighted by molar-refractivity contribution is -0.122. The van der Waals surface area contributed by atoms with Crippen molar-refractivity contribution in [3.63, 3.8) is 0 Å². The number of ether oxygens (including phenoxy) is 1. The van der Waals surface area contributed by atoms with Crippen molar-refractivity contribution in [2.75, 3.05) is 6.61 Å². The molecule has 0 bridgehead atoms. The molecular weight excluding hydrogens is 292 g/mol. The molecule has 6 heteroatoms. The van der Waals surface area contributed by atoms with Crippen LogP contribution >= 0.6 is 0 Å². The fraction of sp³-hybridized carbons (Fsp3) is 0.471. The normalized spacial score (nSPS) is 15.2. The Kier molecular flexibility index (Phi) is 4.90. The van der Waals surface area contributed by atoms with Crippen LogP contribution in [0.2, 0.25) is 0 Å². The van der Waals surface area contributed by atoms with Crippen LogP contribution in [0.4, 0.5) is 0 Å². The third-order valence-electron chi connectivity index (χ3n) is 3.99. The molecular formula is C17H22N4O2. The first-order valence-corrected chi connectivity index (χ1v) is 8.05. The third kappa shape index (κ3) is 4.31. The Morgan fingerprint density at radius 2 is 2.17 bits per heavy atom. The first-order valence-electron chi connectivity index (χ1n) is 8.05. The molecule has 122 valence electrons. The van der Waals surface area contributed by atoms with Gasteiger partial charge in [0.2, 0.25) is 5.91 Å². The molecule has 3 rings (SSSR count). The maximum absolute atomic E-state index is 12.2. The number of nitrogens with zero attached hydrogens (tertiary/aromatic N) is 3. The molecule has 1 heterocycles. The molecule has 23 heavy (non-hydrogen) atoms. The smallest absolute Gasteiger partial charge is 0.220 e. The summed E-state index contributed by atoms with van der Waals surface area (Å²) in [7, 11) is 1.86. The van der Waals surface area contributed by atoms with Crippen molar-refractivity contribution in [1.82, 2.24) is 20.1 Å². The van der Waals surface area contributed by atoms with Gasteiger partial charge in [0, 0.05) is 13.5 Å². The Bertz CT molecular complexity index is 637. The minimum absolute atomic E-state index is 0.0231. The molecule has 6 nitrogen and oxygen atoms in total. The lowest BCUT2D eigenvalue weighted by Crippen LogP contribution is -2.31. The van der Waals surface area contributed by atoms with Gasteiger partial charge in [-0.3, -0.25) is 9.48 Å².